The molecule has 5 heteroatoms. The number of aliphatic hydroxyl groups is 1. The number of nitrogens with zero attached hydrogens (tertiary/aromatic N) is 3. The van der Waals surface area contributed by atoms with Crippen LogP contribution >= 0.6 is 15.9 Å². The number of hydrogen-bond donors (Lipinski definition) is 1. The van der Waals surface area contributed by atoms with Crippen LogP contribution in [0, 0.1) is 0 Å². The number of aromatic nitrogens is 3. The van der Waals surface area contributed by atoms with E-state index in [0.29, 0.717) is 6.42 Å². The van der Waals surface area contributed by atoms with Crippen LogP contribution < -0.4 is 0 Å². The smallest absolute Gasteiger partial charge is 0.0849 e. The molecule has 4 nitrogen and oxygen atoms in total. The maximum absolute atomic E-state index is 8.62. The quantitative estimate of drug-likeness (QED) is 0.759. The third kappa shape index (κ3) is 2.91. The first-order chi connectivity index (χ1) is 5.86. The second kappa shape index (κ2) is 5.27. The van der Waals surface area contributed by atoms with E-state index in [4.69, 9.17) is 5.11 Å². The fraction of sp³-hybridized carbons (Fsp3) is 0.714. The third-order valence-electron chi connectivity index (χ3n) is 1.47. The Hall–Kier alpha value is -0.420. The van der Waals surface area contributed by atoms with Crippen molar-refractivity contribution >= 4 is 15.9 Å². The molecule has 1 rings (SSSR count). The SMILES string of the molecule is OCCc1cn(CCCBr)nn1. The molecule has 0 aliphatic rings. The molecular formula is C7H12BrN3O. The van der Waals surface area contributed by atoms with E-state index in [9.17, 15) is 0 Å². The van der Waals surface area contributed by atoms with Crippen molar-refractivity contribution in [3.8, 4) is 0 Å². The highest BCUT2D eigenvalue weighted by Gasteiger charge is 1.98. The van der Waals surface area contributed by atoms with Crippen LogP contribution in [0.5, 0.6) is 0 Å². The van der Waals surface area contributed by atoms with Gasteiger partial charge in [0.25, 0.3) is 0 Å². The van der Waals surface area contributed by atoms with E-state index in [-0.39, 0.29) is 6.61 Å². The van der Waals surface area contributed by atoms with Gasteiger partial charge in [0.1, 0.15) is 0 Å². The van der Waals surface area contributed by atoms with Crippen LogP contribution in [0.25, 0.3) is 0 Å². The number of aliphatic hydroxyl groups excluding tert-OH is 1. The van der Waals surface area contributed by atoms with Gasteiger partial charge < -0.3 is 5.11 Å². The third-order valence-corrected chi connectivity index (χ3v) is 2.04. The van der Waals surface area contributed by atoms with Crippen molar-refractivity contribution in [1.29, 1.82) is 0 Å². The summed E-state index contributed by atoms with van der Waals surface area (Å²) in [6.45, 7) is 1.01. The summed E-state index contributed by atoms with van der Waals surface area (Å²) < 4.78 is 1.80. The molecule has 0 aliphatic carbocycles. The maximum atomic E-state index is 8.62. The number of hydrogen-bond acceptors (Lipinski definition) is 3. The lowest BCUT2D eigenvalue weighted by Crippen LogP contribution is -1.98. The second-order valence-electron chi connectivity index (χ2n) is 2.49. The van der Waals surface area contributed by atoms with Crippen LogP contribution in [0.3, 0.4) is 0 Å². The highest BCUT2D eigenvalue weighted by Crippen LogP contribution is 1.96. The molecule has 12 heavy (non-hydrogen) atoms. The molecule has 0 radical (unpaired) electrons. The highest BCUT2D eigenvalue weighted by atomic mass is 79.9. The van der Waals surface area contributed by atoms with Gasteiger partial charge in [-0.15, -0.1) is 5.10 Å². The van der Waals surface area contributed by atoms with E-state index in [1.54, 1.807) is 4.68 Å². The summed E-state index contributed by atoms with van der Waals surface area (Å²) in [6.07, 6.45) is 3.51. The maximum Gasteiger partial charge on any atom is 0.0849 e. The van der Waals surface area contributed by atoms with Crippen LogP contribution in [0.1, 0.15) is 12.1 Å². The summed E-state index contributed by atoms with van der Waals surface area (Å²) in [7, 11) is 0. The lowest BCUT2D eigenvalue weighted by Gasteiger charge is -1.94. The molecule has 0 unspecified atom stereocenters. The molecule has 1 N–H and O–H groups in total. The summed E-state index contributed by atoms with van der Waals surface area (Å²) in [5, 5.41) is 17.4. The summed E-state index contributed by atoms with van der Waals surface area (Å²) in [4.78, 5) is 0. The predicted molar refractivity (Wildman–Crippen MR) is 49.2 cm³/mol. The first-order valence-electron chi connectivity index (χ1n) is 3.92. The predicted octanol–water partition coefficient (Wildman–Crippen LogP) is 0.598. The zero-order chi connectivity index (χ0) is 8.81. The van der Waals surface area contributed by atoms with Crippen molar-refractivity contribution < 1.29 is 5.11 Å². The number of alkyl halides is 1. The summed E-state index contributed by atoms with van der Waals surface area (Å²) >= 11 is 3.34. The van der Waals surface area contributed by atoms with E-state index >= 15 is 0 Å². The van der Waals surface area contributed by atoms with Gasteiger partial charge in [0.2, 0.25) is 0 Å². The van der Waals surface area contributed by atoms with Gasteiger partial charge in [-0.3, -0.25) is 4.68 Å². The van der Waals surface area contributed by atoms with Crippen LogP contribution in [0.4, 0.5) is 0 Å². The first-order valence-corrected chi connectivity index (χ1v) is 5.05. The fourth-order valence-electron chi connectivity index (χ4n) is 0.899. The van der Waals surface area contributed by atoms with Crippen LogP contribution in [0.2, 0.25) is 0 Å². The molecular weight excluding hydrogens is 222 g/mol. The van der Waals surface area contributed by atoms with Crippen molar-refractivity contribution in [3.05, 3.63) is 11.9 Å². The zero-order valence-corrected chi connectivity index (χ0v) is 8.37. The Bertz CT molecular complexity index is 226. The minimum atomic E-state index is 0.136. The van der Waals surface area contributed by atoms with Crippen molar-refractivity contribution in [2.75, 3.05) is 11.9 Å². The summed E-state index contributed by atoms with van der Waals surface area (Å²) in [6, 6.07) is 0. The second-order valence-corrected chi connectivity index (χ2v) is 3.28. The van der Waals surface area contributed by atoms with Crippen molar-refractivity contribution in [1.82, 2.24) is 15.0 Å². The Morgan fingerprint density at radius 3 is 3.08 bits per heavy atom. The Balaban J connectivity index is 2.41. The molecule has 0 bridgehead atoms. The molecule has 0 saturated heterocycles. The molecule has 0 amide bonds. The van der Waals surface area contributed by atoms with E-state index in [2.05, 4.69) is 26.2 Å². The van der Waals surface area contributed by atoms with Gasteiger partial charge >= 0.3 is 0 Å². The van der Waals surface area contributed by atoms with Crippen molar-refractivity contribution in [2.45, 2.75) is 19.4 Å². The van der Waals surface area contributed by atoms with E-state index < -0.39 is 0 Å². The Morgan fingerprint density at radius 2 is 2.42 bits per heavy atom. The summed E-state index contributed by atoms with van der Waals surface area (Å²) in [5.41, 5.74) is 0.854. The van der Waals surface area contributed by atoms with Gasteiger partial charge in [-0.1, -0.05) is 21.1 Å². The van der Waals surface area contributed by atoms with Crippen LogP contribution in [-0.4, -0.2) is 32.0 Å². The molecule has 0 aliphatic heterocycles. The molecule has 68 valence electrons. The lowest BCUT2D eigenvalue weighted by atomic mass is 10.3. The molecule has 0 aromatic carbocycles. The molecule has 0 fully saturated rings. The van der Waals surface area contributed by atoms with Gasteiger partial charge in [-0.25, -0.2) is 0 Å². The van der Waals surface area contributed by atoms with Gasteiger partial charge in [-0.05, 0) is 6.42 Å². The van der Waals surface area contributed by atoms with Crippen LogP contribution in [-0.2, 0) is 13.0 Å². The van der Waals surface area contributed by atoms with Gasteiger partial charge in [0.05, 0.1) is 5.69 Å². The summed E-state index contributed by atoms with van der Waals surface area (Å²) in [5.74, 6) is 0. The van der Waals surface area contributed by atoms with E-state index in [0.717, 1.165) is 24.0 Å². The standard InChI is InChI=1S/C7H12BrN3O/c8-3-1-4-11-6-7(2-5-12)9-10-11/h6,12H,1-5H2. The largest absolute Gasteiger partial charge is 0.396 e. The topological polar surface area (TPSA) is 50.9 Å². The highest BCUT2D eigenvalue weighted by molar-refractivity contribution is 9.09. The first kappa shape index (κ1) is 9.67. The fourth-order valence-corrected chi connectivity index (χ4v) is 1.15. The monoisotopic (exact) mass is 233 g/mol. The number of halogens is 1. The number of aryl methyl sites for hydroxylation is 1. The van der Waals surface area contributed by atoms with Crippen LogP contribution in [0.15, 0.2) is 6.20 Å². The molecule has 1 aromatic heterocycles. The van der Waals surface area contributed by atoms with E-state index in [1.807, 2.05) is 6.20 Å². The molecule has 0 spiro atoms. The van der Waals surface area contributed by atoms with Gasteiger partial charge in [-0.2, -0.15) is 0 Å². The molecule has 0 saturated carbocycles. The zero-order valence-electron chi connectivity index (χ0n) is 6.78. The lowest BCUT2D eigenvalue weighted by molar-refractivity contribution is 0.298. The normalized spacial score (nSPS) is 10.5. The molecule has 1 aromatic rings. The molecule has 0 atom stereocenters. The average Bonchev–Trinajstić information content (AvgIpc) is 2.50. The minimum absolute atomic E-state index is 0.136. The molecule has 1 heterocycles. The average molecular weight is 234 g/mol. The van der Waals surface area contributed by atoms with Crippen molar-refractivity contribution in [3.63, 3.8) is 0 Å². The van der Waals surface area contributed by atoms with Crippen molar-refractivity contribution in [2.24, 2.45) is 0 Å². The number of rotatable bonds is 5. The van der Waals surface area contributed by atoms with Gasteiger partial charge in [0.15, 0.2) is 0 Å². The van der Waals surface area contributed by atoms with E-state index in [1.165, 1.54) is 0 Å². The Labute approximate surface area is 79.7 Å². The van der Waals surface area contributed by atoms with Gasteiger partial charge in [0, 0.05) is 31.1 Å². The minimum Gasteiger partial charge on any atom is -0.396 e. The Morgan fingerprint density at radius 1 is 1.58 bits per heavy atom. The Kier molecular flexibility index (Phi) is 4.24.